The largest absolute Gasteiger partial charge is 0.456 e. The van der Waals surface area contributed by atoms with Gasteiger partial charge < -0.3 is 8.83 Å². The molecule has 0 amide bonds. The van der Waals surface area contributed by atoms with E-state index in [2.05, 4.69) is 140 Å². The summed E-state index contributed by atoms with van der Waals surface area (Å²) in [6.07, 6.45) is 0. The van der Waals surface area contributed by atoms with Crippen molar-refractivity contribution in [3.05, 3.63) is 328 Å². The van der Waals surface area contributed by atoms with Gasteiger partial charge >= 0.3 is 0 Å². The summed E-state index contributed by atoms with van der Waals surface area (Å²) in [5, 5.41) is 8.31. The Labute approximate surface area is 646 Å². The van der Waals surface area contributed by atoms with E-state index in [9.17, 15) is 0 Å². The maximum Gasteiger partial charge on any atom is 0.167 e. The zero-order chi connectivity index (χ0) is 73.7. The van der Waals surface area contributed by atoms with Crippen LogP contribution in [0.2, 0.25) is 0 Å². The van der Waals surface area contributed by atoms with Gasteiger partial charge in [0.05, 0.1) is 5.56 Å². The minimum Gasteiger partial charge on any atom is -0.456 e. The molecular weight excluding hydrogens is 1420 g/mol. The summed E-state index contributed by atoms with van der Waals surface area (Å²) in [6, 6.07) is 111. The van der Waals surface area contributed by atoms with Gasteiger partial charge in [-0.25, -0.2) is 59.8 Å². The Hall–Kier alpha value is -14.8. The lowest BCUT2D eigenvalue weighted by Crippen LogP contribution is -2.00. The van der Waals surface area contributed by atoms with Gasteiger partial charge in [-0.15, -0.1) is 22.7 Å². The van der Waals surface area contributed by atoms with Crippen molar-refractivity contribution >= 4 is 107 Å². The third-order valence-corrected chi connectivity index (χ3v) is 23.0. The number of thiophene rings is 2. The van der Waals surface area contributed by atoms with Gasteiger partial charge in [0, 0.05) is 123 Å². The lowest BCUT2D eigenvalue weighted by atomic mass is 10.0. The second-order valence-corrected chi connectivity index (χ2v) is 29.5. The van der Waals surface area contributed by atoms with Crippen molar-refractivity contribution in [2.24, 2.45) is 0 Å². The first-order chi connectivity index (χ1) is 55.4. The summed E-state index contributed by atoms with van der Waals surface area (Å²) >= 11 is 3.42. The second kappa shape index (κ2) is 26.5. The third-order valence-electron chi connectivity index (χ3n) is 20.5. The van der Waals surface area contributed by atoms with Crippen molar-refractivity contribution in [1.82, 2.24) is 59.8 Å². The number of aromatic nitrogens is 12. The molecule has 0 fully saturated rings. The lowest BCUT2D eigenvalue weighted by molar-refractivity contribution is 0.669. The normalized spacial score (nSPS) is 11.8. The number of benzene rings is 14. The standard InChI is InChI=1S/C96H54N12O2S2/c1-6-21-56(22-7-1)85-97-86(57-23-8-2-9-24-57)100-91(99-85)63-45-49-80-75(51-63)70-33-19-36-73(83(70)111-80)95-105-88(59-27-12-4-13-28-59)102-93(107-95)65-44-48-68-67-47-43-62(53-78(67)109-79(68)54-65)55-39-41-61(42-40-55)90-98-87(58-25-10-3-11-26-58)101-92(103-90)64-46-50-81-76(52-64)71-34-20-37-74(84(71)112-81)96-106-89(60-29-14-5-15-30-60)104-94(108-96)72-35-18-32-69-66-31-16-17-38-77(66)110-82(69)72/h1-54H. The van der Waals surface area contributed by atoms with Crippen LogP contribution in [-0.4, -0.2) is 59.8 Å². The highest BCUT2D eigenvalue weighted by Gasteiger charge is 2.24. The number of para-hydroxylation sites is 2. The van der Waals surface area contributed by atoms with E-state index >= 15 is 0 Å². The summed E-state index contributed by atoms with van der Waals surface area (Å²) in [7, 11) is 0. The molecule has 0 unspecified atom stereocenters. The molecular formula is C96H54N12O2S2. The number of hydrogen-bond donors (Lipinski definition) is 0. The Morgan fingerprint density at radius 3 is 0.911 bits per heavy atom. The zero-order valence-electron chi connectivity index (χ0n) is 59.2. The Morgan fingerprint density at radius 2 is 0.464 bits per heavy atom. The third kappa shape index (κ3) is 11.4. The molecule has 8 heterocycles. The van der Waals surface area contributed by atoms with Crippen molar-refractivity contribution in [3.8, 4) is 148 Å². The number of fused-ring (bicyclic) bond motifs is 12. The Kier molecular flexibility index (Phi) is 15.2. The summed E-state index contributed by atoms with van der Waals surface area (Å²) in [6.45, 7) is 0. The molecule has 0 saturated heterocycles. The molecule has 14 aromatic carbocycles. The molecule has 0 aliphatic heterocycles. The summed E-state index contributed by atoms with van der Waals surface area (Å²) in [5.74, 6) is 6.81. The fourth-order valence-electron chi connectivity index (χ4n) is 15.0. The van der Waals surface area contributed by atoms with Gasteiger partial charge in [-0.05, 0) is 96.1 Å². The molecule has 14 nitrogen and oxygen atoms in total. The highest BCUT2D eigenvalue weighted by atomic mass is 32.1. The molecule has 0 saturated carbocycles. The van der Waals surface area contributed by atoms with E-state index in [0.717, 1.165) is 157 Å². The van der Waals surface area contributed by atoms with E-state index in [1.165, 1.54) is 0 Å². The topological polar surface area (TPSA) is 181 Å². The van der Waals surface area contributed by atoms with Crippen LogP contribution in [0.4, 0.5) is 0 Å². The SMILES string of the molecule is c1ccc(-c2nc(-c3ccccc3)nc(-c3ccc4sc5c(-c6nc(-c7ccccc7)nc(-c7ccc8c(c7)oc7cc(-c9ccc(-c%10nc(-c%11ccccc%11)nc(-c%11ccc%12sc%13c(-c%14nc(-c%15ccccc%15)nc(-c%15cccc%16c%15oc%15ccccc%15%16)n%14)cccc%13c%12c%11)n%10)cc9)ccc78)n6)cccc5c4c3)n2)cc1. The number of hydrogen-bond acceptors (Lipinski definition) is 16. The molecule has 0 aliphatic rings. The first-order valence-electron chi connectivity index (χ1n) is 36.6. The molecule has 112 heavy (non-hydrogen) atoms. The van der Waals surface area contributed by atoms with Crippen LogP contribution in [0.25, 0.3) is 232 Å². The molecule has 0 atom stereocenters. The molecule has 8 aromatic heterocycles. The summed E-state index contributed by atoms with van der Waals surface area (Å²) in [5.41, 5.74) is 15.5. The smallest absolute Gasteiger partial charge is 0.167 e. The maximum absolute atomic E-state index is 6.81. The molecule has 22 rings (SSSR count). The van der Waals surface area contributed by atoms with E-state index in [1.807, 2.05) is 188 Å². The lowest BCUT2D eigenvalue weighted by Gasteiger charge is -2.10. The first kappa shape index (κ1) is 64.3. The molecule has 0 spiro atoms. The van der Waals surface area contributed by atoms with E-state index in [4.69, 9.17) is 68.6 Å². The second-order valence-electron chi connectivity index (χ2n) is 27.4. The van der Waals surface area contributed by atoms with E-state index < -0.39 is 0 Å². The molecule has 16 heteroatoms. The average Bonchev–Trinajstić information content (AvgIpc) is 1.61. The van der Waals surface area contributed by atoms with Gasteiger partial charge in [-0.3, -0.25) is 0 Å². The average molecular weight is 1470 g/mol. The monoisotopic (exact) mass is 1470 g/mol. The van der Waals surface area contributed by atoms with Crippen molar-refractivity contribution in [1.29, 1.82) is 0 Å². The predicted octanol–water partition coefficient (Wildman–Crippen LogP) is 24.6. The Bertz CT molecular complexity index is 7450. The predicted molar refractivity (Wildman–Crippen MR) is 451 cm³/mol. The Morgan fingerprint density at radius 1 is 0.170 bits per heavy atom. The van der Waals surface area contributed by atoms with Crippen LogP contribution in [0.3, 0.4) is 0 Å². The van der Waals surface area contributed by atoms with E-state index in [-0.39, 0.29) is 0 Å². The van der Waals surface area contributed by atoms with Crippen LogP contribution >= 0.6 is 22.7 Å². The molecule has 22 aromatic rings. The minimum absolute atomic E-state index is 0.527. The highest BCUT2D eigenvalue weighted by molar-refractivity contribution is 7.26. The fraction of sp³-hybridized carbons (Fsp3) is 0. The van der Waals surface area contributed by atoms with Crippen molar-refractivity contribution in [3.63, 3.8) is 0 Å². The van der Waals surface area contributed by atoms with Crippen molar-refractivity contribution < 1.29 is 8.83 Å². The minimum atomic E-state index is 0.527. The van der Waals surface area contributed by atoms with Crippen molar-refractivity contribution in [2.75, 3.05) is 0 Å². The Balaban J connectivity index is 0.579. The fourth-order valence-corrected chi connectivity index (χ4v) is 17.4. The van der Waals surface area contributed by atoms with Gasteiger partial charge in [0.15, 0.2) is 69.9 Å². The van der Waals surface area contributed by atoms with Crippen LogP contribution in [0.15, 0.2) is 336 Å². The van der Waals surface area contributed by atoms with E-state index in [0.29, 0.717) is 75.5 Å². The highest BCUT2D eigenvalue weighted by Crippen LogP contribution is 2.46. The quantitative estimate of drug-likeness (QED) is 0.106. The van der Waals surface area contributed by atoms with Gasteiger partial charge in [0.2, 0.25) is 0 Å². The van der Waals surface area contributed by atoms with Crippen molar-refractivity contribution in [2.45, 2.75) is 0 Å². The van der Waals surface area contributed by atoms with Crippen LogP contribution in [0.1, 0.15) is 0 Å². The first-order valence-corrected chi connectivity index (χ1v) is 38.3. The van der Waals surface area contributed by atoms with Crippen LogP contribution in [0.5, 0.6) is 0 Å². The summed E-state index contributed by atoms with van der Waals surface area (Å²) in [4.78, 5) is 61.9. The van der Waals surface area contributed by atoms with Gasteiger partial charge in [-0.2, -0.15) is 0 Å². The zero-order valence-corrected chi connectivity index (χ0v) is 60.8. The number of nitrogens with zero attached hydrogens (tertiary/aromatic N) is 12. The number of furan rings is 2. The molecule has 522 valence electrons. The maximum atomic E-state index is 6.81. The van der Waals surface area contributed by atoms with E-state index in [1.54, 1.807) is 22.7 Å². The van der Waals surface area contributed by atoms with Gasteiger partial charge in [0.25, 0.3) is 0 Å². The molecule has 0 N–H and O–H groups in total. The van der Waals surface area contributed by atoms with Gasteiger partial charge in [-0.1, -0.05) is 243 Å². The number of rotatable bonds is 13. The molecule has 0 bridgehead atoms. The van der Waals surface area contributed by atoms with Crippen LogP contribution < -0.4 is 0 Å². The van der Waals surface area contributed by atoms with Crippen LogP contribution in [0, 0.1) is 0 Å². The van der Waals surface area contributed by atoms with Crippen LogP contribution in [-0.2, 0) is 0 Å². The van der Waals surface area contributed by atoms with Gasteiger partial charge in [0.1, 0.15) is 22.3 Å². The molecule has 0 aliphatic carbocycles. The molecule has 0 radical (unpaired) electrons. The summed E-state index contributed by atoms with van der Waals surface area (Å²) < 4.78 is 17.7.